The highest BCUT2D eigenvalue weighted by Gasteiger charge is 2.14. The number of anilines is 1. The van der Waals surface area contributed by atoms with Crippen molar-refractivity contribution in [3.05, 3.63) is 36.0 Å². The largest absolute Gasteiger partial charge is 0.478 e. The highest BCUT2D eigenvalue weighted by molar-refractivity contribution is 5.97. The summed E-state index contributed by atoms with van der Waals surface area (Å²) in [5.74, 6) is -1.21. The van der Waals surface area contributed by atoms with Crippen molar-refractivity contribution in [1.82, 2.24) is 4.98 Å². The number of carboxylic acid groups (broad SMARTS) is 1. The Morgan fingerprint density at radius 3 is 2.88 bits per heavy atom. The molecule has 0 bridgehead atoms. The highest BCUT2D eigenvalue weighted by Crippen LogP contribution is 2.13. The fourth-order valence-electron chi connectivity index (χ4n) is 1.09. The van der Waals surface area contributed by atoms with Crippen molar-refractivity contribution < 1.29 is 19.4 Å². The number of hydrogen-bond donors (Lipinski definition) is 2. The lowest BCUT2D eigenvalue weighted by molar-refractivity contribution is 0.0697. The summed E-state index contributed by atoms with van der Waals surface area (Å²) in [5, 5.41) is 11.2. The summed E-state index contributed by atoms with van der Waals surface area (Å²) in [5.41, 5.74) is 0.500. The molecular formula is C11H12N2O4. The minimum Gasteiger partial charge on any atom is -0.478 e. The van der Waals surface area contributed by atoms with Gasteiger partial charge in [-0.3, -0.25) is 5.32 Å². The number of amides is 1. The monoisotopic (exact) mass is 236 g/mol. The summed E-state index contributed by atoms with van der Waals surface area (Å²) < 4.78 is 4.67. The molecule has 0 aliphatic heterocycles. The third kappa shape index (κ3) is 3.60. The Morgan fingerprint density at radius 2 is 2.29 bits per heavy atom. The number of hydrogen-bond acceptors (Lipinski definition) is 4. The van der Waals surface area contributed by atoms with Crippen LogP contribution in [0.3, 0.4) is 0 Å². The van der Waals surface area contributed by atoms with Crippen molar-refractivity contribution in [2.75, 3.05) is 11.9 Å². The number of carbonyl (C=O) groups is 2. The summed E-state index contributed by atoms with van der Waals surface area (Å²) >= 11 is 0. The number of nitrogens with zero attached hydrogens (tertiary/aromatic N) is 1. The van der Waals surface area contributed by atoms with Crippen LogP contribution in [-0.4, -0.2) is 28.8 Å². The molecule has 1 amide bonds. The summed E-state index contributed by atoms with van der Waals surface area (Å²) in [7, 11) is 0. The zero-order valence-corrected chi connectivity index (χ0v) is 9.27. The average molecular weight is 236 g/mol. The zero-order chi connectivity index (χ0) is 12.8. The summed E-state index contributed by atoms with van der Waals surface area (Å²) in [6.07, 6.45) is 0.631. The van der Waals surface area contributed by atoms with Crippen LogP contribution in [0.4, 0.5) is 10.6 Å². The Bertz CT molecular complexity index is 457. The van der Waals surface area contributed by atoms with Crippen LogP contribution in [0.15, 0.2) is 24.8 Å². The second kappa shape index (κ2) is 5.64. The van der Waals surface area contributed by atoms with Gasteiger partial charge in [0.25, 0.3) is 0 Å². The minimum absolute atomic E-state index is 0.0356. The molecular weight excluding hydrogens is 224 g/mol. The normalized spacial score (nSPS) is 9.47. The predicted molar refractivity (Wildman–Crippen MR) is 61.1 cm³/mol. The number of aromatic carboxylic acids is 1. The first kappa shape index (κ1) is 12.7. The molecule has 0 saturated carbocycles. The van der Waals surface area contributed by atoms with Crippen LogP contribution in [-0.2, 0) is 4.74 Å². The molecule has 0 radical (unpaired) electrons. The van der Waals surface area contributed by atoms with E-state index in [-0.39, 0.29) is 18.0 Å². The van der Waals surface area contributed by atoms with Crippen molar-refractivity contribution in [2.45, 2.75) is 6.92 Å². The van der Waals surface area contributed by atoms with E-state index in [4.69, 9.17) is 5.11 Å². The van der Waals surface area contributed by atoms with Gasteiger partial charge in [-0.05, 0) is 19.1 Å². The molecule has 90 valence electrons. The maximum Gasteiger partial charge on any atom is 0.413 e. The molecule has 6 heteroatoms. The Morgan fingerprint density at radius 1 is 1.59 bits per heavy atom. The number of pyridine rings is 1. The molecule has 0 fully saturated rings. The van der Waals surface area contributed by atoms with E-state index >= 15 is 0 Å². The summed E-state index contributed by atoms with van der Waals surface area (Å²) in [6.45, 7) is 5.11. The van der Waals surface area contributed by atoms with Gasteiger partial charge in [0.05, 0.1) is 0 Å². The Hall–Kier alpha value is -2.37. The number of ether oxygens (including phenoxy) is 1. The molecule has 1 rings (SSSR count). The van der Waals surface area contributed by atoms with E-state index in [2.05, 4.69) is 21.6 Å². The number of nitrogens with one attached hydrogen (secondary N) is 1. The predicted octanol–water partition coefficient (Wildman–Crippen LogP) is 1.82. The summed E-state index contributed by atoms with van der Waals surface area (Å²) in [6, 6.07) is 2.91. The van der Waals surface area contributed by atoms with Crippen LogP contribution in [0, 0.1) is 6.92 Å². The molecule has 0 spiro atoms. The maximum atomic E-state index is 11.2. The van der Waals surface area contributed by atoms with Crippen LogP contribution < -0.4 is 5.32 Å². The second-order valence-electron chi connectivity index (χ2n) is 3.17. The molecule has 2 N–H and O–H groups in total. The van der Waals surface area contributed by atoms with Crippen molar-refractivity contribution in [1.29, 1.82) is 0 Å². The van der Waals surface area contributed by atoms with Gasteiger partial charge in [0.2, 0.25) is 0 Å². The molecule has 0 aliphatic carbocycles. The van der Waals surface area contributed by atoms with Gasteiger partial charge in [0, 0.05) is 5.69 Å². The molecule has 0 unspecified atom stereocenters. The smallest absolute Gasteiger partial charge is 0.413 e. The number of carboxylic acids is 1. The zero-order valence-electron chi connectivity index (χ0n) is 9.27. The lowest BCUT2D eigenvalue weighted by atomic mass is 10.2. The van der Waals surface area contributed by atoms with Gasteiger partial charge in [-0.1, -0.05) is 12.7 Å². The lowest BCUT2D eigenvalue weighted by Gasteiger charge is -2.07. The van der Waals surface area contributed by atoms with Crippen LogP contribution in [0.5, 0.6) is 0 Å². The second-order valence-corrected chi connectivity index (χ2v) is 3.17. The van der Waals surface area contributed by atoms with Crippen molar-refractivity contribution in [2.24, 2.45) is 0 Å². The molecule has 1 aromatic rings. The fraction of sp³-hybridized carbons (Fsp3) is 0.182. The third-order valence-corrected chi connectivity index (χ3v) is 1.82. The van der Waals surface area contributed by atoms with Gasteiger partial charge >= 0.3 is 12.1 Å². The Balaban J connectivity index is 2.88. The molecule has 17 heavy (non-hydrogen) atoms. The molecule has 0 atom stereocenters. The molecule has 0 saturated heterocycles. The van der Waals surface area contributed by atoms with Gasteiger partial charge in [0.1, 0.15) is 18.0 Å². The third-order valence-electron chi connectivity index (χ3n) is 1.82. The van der Waals surface area contributed by atoms with E-state index in [0.29, 0.717) is 5.69 Å². The van der Waals surface area contributed by atoms with Crippen molar-refractivity contribution in [3.63, 3.8) is 0 Å². The van der Waals surface area contributed by atoms with Crippen molar-refractivity contribution >= 4 is 17.9 Å². The van der Waals surface area contributed by atoms with Gasteiger partial charge < -0.3 is 9.84 Å². The van der Waals surface area contributed by atoms with E-state index < -0.39 is 12.1 Å². The van der Waals surface area contributed by atoms with Crippen molar-refractivity contribution in [3.8, 4) is 0 Å². The summed E-state index contributed by atoms with van der Waals surface area (Å²) in [4.78, 5) is 26.0. The topological polar surface area (TPSA) is 88.5 Å². The van der Waals surface area contributed by atoms with Crippen LogP contribution in [0.1, 0.15) is 16.1 Å². The van der Waals surface area contributed by atoms with E-state index in [1.807, 2.05) is 0 Å². The van der Waals surface area contributed by atoms with E-state index in [9.17, 15) is 9.59 Å². The lowest BCUT2D eigenvalue weighted by Crippen LogP contribution is -2.17. The average Bonchev–Trinajstić information content (AvgIpc) is 2.26. The van der Waals surface area contributed by atoms with Crippen LogP contribution in [0.25, 0.3) is 0 Å². The fourth-order valence-corrected chi connectivity index (χ4v) is 1.09. The maximum absolute atomic E-state index is 11.2. The van der Waals surface area contributed by atoms with Gasteiger partial charge in [-0.25, -0.2) is 14.6 Å². The van der Waals surface area contributed by atoms with E-state index in [1.165, 1.54) is 12.1 Å². The molecule has 1 heterocycles. The van der Waals surface area contributed by atoms with Gasteiger partial charge in [0.15, 0.2) is 0 Å². The molecule has 1 aromatic heterocycles. The Labute approximate surface area is 97.9 Å². The molecule has 0 aromatic carbocycles. The first-order valence-corrected chi connectivity index (χ1v) is 4.80. The van der Waals surface area contributed by atoms with Gasteiger partial charge in [-0.2, -0.15) is 0 Å². The van der Waals surface area contributed by atoms with Gasteiger partial charge in [-0.15, -0.1) is 0 Å². The Kier molecular flexibility index (Phi) is 4.21. The SMILES string of the molecule is C=CCOC(=O)Nc1nc(C)ccc1C(=O)O. The molecule has 6 nitrogen and oxygen atoms in total. The first-order valence-electron chi connectivity index (χ1n) is 4.80. The van der Waals surface area contributed by atoms with Crippen LogP contribution >= 0.6 is 0 Å². The van der Waals surface area contributed by atoms with E-state index in [0.717, 1.165) is 0 Å². The van der Waals surface area contributed by atoms with Crippen LogP contribution in [0.2, 0.25) is 0 Å². The number of rotatable bonds is 4. The number of carbonyl (C=O) groups excluding carboxylic acids is 1. The molecule has 0 aliphatic rings. The first-order chi connectivity index (χ1) is 8.04. The number of aromatic nitrogens is 1. The number of aryl methyl sites for hydroxylation is 1. The highest BCUT2D eigenvalue weighted by atomic mass is 16.5. The van der Waals surface area contributed by atoms with E-state index in [1.54, 1.807) is 13.0 Å². The minimum atomic E-state index is -1.17. The standard InChI is InChI=1S/C11H12N2O4/c1-3-6-17-11(16)13-9-8(10(14)15)5-4-7(2)12-9/h3-5H,1,6H2,2H3,(H,14,15)(H,12,13,16). The quantitative estimate of drug-likeness (QED) is 0.778.